The van der Waals surface area contributed by atoms with Crippen LogP contribution >= 0.6 is 23.2 Å². The number of benzene rings is 1. The maximum atomic E-state index is 11.5. The Labute approximate surface area is 120 Å². The van der Waals surface area contributed by atoms with Gasteiger partial charge in [0.2, 0.25) is 0 Å². The smallest absolute Gasteiger partial charge is 0.329 e. The first-order valence-electron chi connectivity index (χ1n) is 5.42. The van der Waals surface area contributed by atoms with Crippen LogP contribution in [0.25, 0.3) is 5.57 Å². The molecule has 0 fully saturated rings. The van der Waals surface area contributed by atoms with Crippen LogP contribution in [0.15, 0.2) is 18.2 Å². The maximum Gasteiger partial charge on any atom is 0.329 e. The Bertz CT molecular complexity index is 550. The van der Waals surface area contributed by atoms with Crippen LogP contribution in [0, 0.1) is 0 Å². The van der Waals surface area contributed by atoms with Crippen LogP contribution < -0.4 is 0 Å². The molecule has 19 heavy (non-hydrogen) atoms. The second-order valence-corrected chi connectivity index (χ2v) is 4.60. The highest BCUT2D eigenvalue weighted by atomic mass is 35.5. The highest BCUT2D eigenvalue weighted by molar-refractivity contribution is 6.39. The molecule has 0 aromatic heterocycles. The molecule has 0 saturated heterocycles. The second kappa shape index (κ2) is 6.70. The quantitative estimate of drug-likeness (QED) is 0.820. The van der Waals surface area contributed by atoms with Crippen molar-refractivity contribution in [1.82, 2.24) is 0 Å². The standard InChI is InChI=1S/C13H12Cl2O4/c1-7(17)10(6-12(18)19)8-2-3-11(14)9(4-5-16)13(8)15/h2-3,6,16H,4-5H2,1H3,(H,18,19). The van der Waals surface area contributed by atoms with Gasteiger partial charge in [0.15, 0.2) is 5.78 Å². The fraction of sp³-hybridized carbons (Fsp3) is 0.231. The molecule has 0 amide bonds. The summed E-state index contributed by atoms with van der Waals surface area (Å²) in [6, 6.07) is 3.01. The summed E-state index contributed by atoms with van der Waals surface area (Å²) in [6.45, 7) is 1.10. The van der Waals surface area contributed by atoms with Crippen LogP contribution in [0.4, 0.5) is 0 Å². The number of carbonyl (C=O) groups excluding carboxylic acids is 1. The number of aliphatic carboxylic acids is 1. The van der Waals surface area contributed by atoms with E-state index in [4.69, 9.17) is 33.4 Å². The average Bonchev–Trinajstić information content (AvgIpc) is 2.32. The van der Waals surface area contributed by atoms with Crippen LogP contribution in [0.5, 0.6) is 0 Å². The molecule has 0 heterocycles. The van der Waals surface area contributed by atoms with E-state index >= 15 is 0 Å². The number of carboxylic acid groups (broad SMARTS) is 1. The van der Waals surface area contributed by atoms with Crippen LogP contribution in [0.2, 0.25) is 10.0 Å². The maximum absolute atomic E-state index is 11.5. The summed E-state index contributed by atoms with van der Waals surface area (Å²) in [5, 5.41) is 18.3. The van der Waals surface area contributed by atoms with E-state index in [9.17, 15) is 9.59 Å². The van der Waals surface area contributed by atoms with Gasteiger partial charge in [-0.05, 0) is 25.0 Å². The molecule has 102 valence electrons. The first-order valence-corrected chi connectivity index (χ1v) is 6.17. The molecular weight excluding hydrogens is 291 g/mol. The van der Waals surface area contributed by atoms with Crippen molar-refractivity contribution in [3.05, 3.63) is 39.4 Å². The van der Waals surface area contributed by atoms with E-state index in [1.54, 1.807) is 0 Å². The van der Waals surface area contributed by atoms with Gasteiger partial charge in [0.05, 0.1) is 5.02 Å². The zero-order valence-electron chi connectivity index (χ0n) is 10.1. The van der Waals surface area contributed by atoms with Crippen molar-refractivity contribution in [2.75, 3.05) is 6.61 Å². The molecule has 2 N–H and O–H groups in total. The van der Waals surface area contributed by atoms with Crippen molar-refractivity contribution in [1.29, 1.82) is 0 Å². The number of Topliss-reactive ketones (excluding diaryl/α,β-unsaturated/α-hetero) is 1. The number of aliphatic hydroxyl groups is 1. The summed E-state index contributed by atoms with van der Waals surface area (Å²) < 4.78 is 0. The van der Waals surface area contributed by atoms with E-state index in [0.717, 1.165) is 6.08 Å². The van der Waals surface area contributed by atoms with Crippen LogP contribution in [-0.2, 0) is 16.0 Å². The summed E-state index contributed by atoms with van der Waals surface area (Å²) in [6.07, 6.45) is 1.03. The number of hydrogen-bond donors (Lipinski definition) is 2. The first-order chi connectivity index (χ1) is 8.88. The lowest BCUT2D eigenvalue weighted by Crippen LogP contribution is -2.03. The predicted octanol–water partition coefficient (Wildman–Crippen LogP) is 2.59. The molecule has 6 heteroatoms. The Morgan fingerprint density at radius 3 is 2.42 bits per heavy atom. The predicted molar refractivity (Wildman–Crippen MR) is 73.5 cm³/mol. The molecular formula is C13H12Cl2O4. The molecule has 1 rings (SSSR count). The van der Waals surface area contributed by atoms with Crippen LogP contribution in [-0.4, -0.2) is 28.6 Å². The molecule has 0 atom stereocenters. The lowest BCUT2D eigenvalue weighted by molar-refractivity contribution is -0.131. The molecule has 1 aromatic carbocycles. The Morgan fingerprint density at radius 1 is 1.32 bits per heavy atom. The number of aliphatic hydroxyl groups excluding tert-OH is 1. The minimum Gasteiger partial charge on any atom is -0.478 e. The summed E-state index contributed by atoms with van der Waals surface area (Å²) >= 11 is 12.1. The minimum absolute atomic E-state index is 0.00615. The van der Waals surface area contributed by atoms with Gasteiger partial charge in [-0.2, -0.15) is 0 Å². The summed E-state index contributed by atoms with van der Waals surface area (Å²) in [7, 11) is 0. The summed E-state index contributed by atoms with van der Waals surface area (Å²) in [5.74, 6) is -1.65. The van der Waals surface area contributed by atoms with Crippen molar-refractivity contribution >= 4 is 40.5 Å². The summed E-state index contributed by atoms with van der Waals surface area (Å²) in [4.78, 5) is 22.3. The third-order valence-electron chi connectivity index (χ3n) is 2.49. The van der Waals surface area contributed by atoms with E-state index < -0.39 is 11.8 Å². The number of ketones is 1. The Balaban J connectivity index is 3.45. The highest BCUT2D eigenvalue weighted by Gasteiger charge is 2.17. The van der Waals surface area contributed by atoms with Gasteiger partial charge in [0.1, 0.15) is 0 Å². The molecule has 0 aliphatic heterocycles. The van der Waals surface area contributed by atoms with Gasteiger partial charge in [-0.3, -0.25) is 4.79 Å². The number of rotatable bonds is 5. The van der Waals surface area contributed by atoms with E-state index in [1.165, 1.54) is 19.1 Å². The molecule has 0 bridgehead atoms. The number of carboxylic acids is 1. The number of carbonyl (C=O) groups is 2. The fourth-order valence-electron chi connectivity index (χ4n) is 1.64. The fourth-order valence-corrected chi connectivity index (χ4v) is 2.30. The number of halogens is 2. The zero-order chi connectivity index (χ0) is 14.6. The third-order valence-corrected chi connectivity index (χ3v) is 3.27. The van der Waals surface area contributed by atoms with Gasteiger partial charge in [0, 0.05) is 28.8 Å². The van der Waals surface area contributed by atoms with E-state index in [0.29, 0.717) is 16.1 Å². The first kappa shape index (κ1) is 15.7. The highest BCUT2D eigenvalue weighted by Crippen LogP contribution is 2.33. The lowest BCUT2D eigenvalue weighted by atomic mass is 9.98. The molecule has 1 aromatic rings. The van der Waals surface area contributed by atoms with Gasteiger partial charge in [0.25, 0.3) is 0 Å². The van der Waals surface area contributed by atoms with Crippen LogP contribution in [0.3, 0.4) is 0 Å². The van der Waals surface area contributed by atoms with Gasteiger partial charge >= 0.3 is 5.97 Å². The van der Waals surface area contributed by atoms with Crippen molar-refractivity contribution in [3.63, 3.8) is 0 Å². The molecule has 0 aliphatic carbocycles. The number of hydrogen-bond acceptors (Lipinski definition) is 3. The van der Waals surface area contributed by atoms with Gasteiger partial charge in [-0.25, -0.2) is 4.79 Å². The van der Waals surface area contributed by atoms with Gasteiger partial charge < -0.3 is 10.2 Å². The van der Waals surface area contributed by atoms with Crippen molar-refractivity contribution in [3.8, 4) is 0 Å². The SMILES string of the molecule is CC(=O)C(=CC(=O)O)c1ccc(Cl)c(CCO)c1Cl. The van der Waals surface area contributed by atoms with E-state index in [-0.39, 0.29) is 23.6 Å². The van der Waals surface area contributed by atoms with Crippen molar-refractivity contribution in [2.24, 2.45) is 0 Å². The zero-order valence-corrected chi connectivity index (χ0v) is 11.6. The third kappa shape index (κ3) is 3.80. The van der Waals surface area contributed by atoms with E-state index in [1.807, 2.05) is 0 Å². The molecule has 0 radical (unpaired) electrons. The number of allylic oxidation sites excluding steroid dienone is 1. The van der Waals surface area contributed by atoms with Crippen LogP contribution in [0.1, 0.15) is 18.1 Å². The minimum atomic E-state index is -1.24. The van der Waals surface area contributed by atoms with E-state index in [2.05, 4.69) is 0 Å². The summed E-state index contributed by atoms with van der Waals surface area (Å²) in [5.41, 5.74) is 0.777. The topological polar surface area (TPSA) is 74.6 Å². The van der Waals surface area contributed by atoms with Gasteiger partial charge in [-0.15, -0.1) is 0 Å². The normalized spacial score (nSPS) is 11.5. The molecule has 0 spiro atoms. The largest absolute Gasteiger partial charge is 0.478 e. The molecule has 0 unspecified atom stereocenters. The Morgan fingerprint density at radius 2 is 1.95 bits per heavy atom. The average molecular weight is 303 g/mol. The molecule has 4 nitrogen and oxygen atoms in total. The second-order valence-electron chi connectivity index (χ2n) is 3.81. The Kier molecular flexibility index (Phi) is 5.54. The van der Waals surface area contributed by atoms with Crippen molar-refractivity contribution < 1.29 is 19.8 Å². The molecule has 0 saturated carbocycles. The molecule has 0 aliphatic rings. The Hall–Kier alpha value is -1.36. The van der Waals surface area contributed by atoms with Gasteiger partial charge in [-0.1, -0.05) is 29.3 Å². The monoisotopic (exact) mass is 302 g/mol. The lowest BCUT2D eigenvalue weighted by Gasteiger charge is -2.12. The van der Waals surface area contributed by atoms with Crippen molar-refractivity contribution in [2.45, 2.75) is 13.3 Å².